The van der Waals surface area contributed by atoms with Gasteiger partial charge in [0.25, 0.3) is 0 Å². The van der Waals surface area contributed by atoms with Crippen LogP contribution < -0.4 is 0 Å². The molecule has 0 unspecified atom stereocenters. The van der Waals surface area contributed by atoms with E-state index < -0.39 is 5.41 Å². The van der Waals surface area contributed by atoms with E-state index in [2.05, 4.69) is 59.5 Å². The van der Waals surface area contributed by atoms with Gasteiger partial charge in [0.2, 0.25) is 5.91 Å². The van der Waals surface area contributed by atoms with Crippen LogP contribution in [-0.2, 0) is 4.79 Å². The Hall–Kier alpha value is -2.64. The van der Waals surface area contributed by atoms with Crippen molar-refractivity contribution in [3.05, 3.63) is 71.8 Å². The molecule has 1 amide bonds. The van der Waals surface area contributed by atoms with Crippen LogP contribution in [0.25, 0.3) is 0 Å². The fourth-order valence-electron chi connectivity index (χ4n) is 4.90. The van der Waals surface area contributed by atoms with Crippen LogP contribution >= 0.6 is 0 Å². The second-order valence-electron chi connectivity index (χ2n) is 8.31. The van der Waals surface area contributed by atoms with Crippen molar-refractivity contribution in [3.63, 3.8) is 0 Å². The van der Waals surface area contributed by atoms with Gasteiger partial charge in [0.1, 0.15) is 5.41 Å². The van der Waals surface area contributed by atoms with Gasteiger partial charge in [-0.05, 0) is 24.0 Å². The van der Waals surface area contributed by atoms with Crippen molar-refractivity contribution in [2.45, 2.75) is 38.1 Å². The molecular formula is C25H29N3O. The molecular weight excluding hydrogens is 358 g/mol. The fraction of sp³-hybridized carbons (Fsp3) is 0.440. The Labute approximate surface area is 173 Å². The number of amides is 1. The Morgan fingerprint density at radius 2 is 1.34 bits per heavy atom. The summed E-state index contributed by atoms with van der Waals surface area (Å²) in [5.74, 6) is 0.0651. The van der Waals surface area contributed by atoms with Crippen molar-refractivity contribution in [2.24, 2.45) is 5.41 Å². The number of carbonyl (C=O) groups excluding carboxylic acids is 1. The molecule has 1 aliphatic carbocycles. The van der Waals surface area contributed by atoms with E-state index in [1.165, 1.54) is 11.1 Å². The molecule has 4 nitrogen and oxygen atoms in total. The van der Waals surface area contributed by atoms with E-state index in [9.17, 15) is 10.1 Å². The Kier molecular flexibility index (Phi) is 5.97. The zero-order valence-corrected chi connectivity index (χ0v) is 17.0. The highest BCUT2D eigenvalue weighted by atomic mass is 16.2. The number of carbonyl (C=O) groups is 1. The summed E-state index contributed by atoms with van der Waals surface area (Å²) in [4.78, 5) is 17.6. The fourth-order valence-corrected chi connectivity index (χ4v) is 4.90. The highest BCUT2D eigenvalue weighted by Gasteiger charge is 2.43. The van der Waals surface area contributed by atoms with Gasteiger partial charge in [-0.1, -0.05) is 79.9 Å². The van der Waals surface area contributed by atoms with Crippen LogP contribution in [0.4, 0.5) is 0 Å². The van der Waals surface area contributed by atoms with E-state index in [0.717, 1.165) is 45.2 Å². The topological polar surface area (TPSA) is 47.3 Å². The van der Waals surface area contributed by atoms with Crippen molar-refractivity contribution in [1.82, 2.24) is 9.80 Å². The van der Waals surface area contributed by atoms with Crippen molar-refractivity contribution in [2.75, 3.05) is 26.2 Å². The monoisotopic (exact) mass is 387 g/mol. The summed E-state index contributed by atoms with van der Waals surface area (Å²) in [7, 11) is 0. The Balaban J connectivity index is 1.50. The Morgan fingerprint density at radius 3 is 1.83 bits per heavy atom. The number of piperazine rings is 1. The molecule has 1 saturated carbocycles. The summed E-state index contributed by atoms with van der Waals surface area (Å²) in [6, 6.07) is 23.8. The summed E-state index contributed by atoms with van der Waals surface area (Å²) in [5, 5.41) is 9.77. The van der Waals surface area contributed by atoms with Gasteiger partial charge in [-0.25, -0.2) is 0 Å². The van der Waals surface area contributed by atoms with Gasteiger partial charge in [0, 0.05) is 26.2 Å². The van der Waals surface area contributed by atoms with Gasteiger partial charge < -0.3 is 4.90 Å². The minimum Gasteiger partial charge on any atom is -0.339 e. The van der Waals surface area contributed by atoms with E-state index >= 15 is 0 Å². The molecule has 150 valence electrons. The van der Waals surface area contributed by atoms with Crippen molar-refractivity contribution < 1.29 is 4.79 Å². The summed E-state index contributed by atoms with van der Waals surface area (Å²) < 4.78 is 0. The second kappa shape index (κ2) is 8.80. The lowest BCUT2D eigenvalue weighted by Gasteiger charge is -2.42. The number of nitriles is 1. The smallest absolute Gasteiger partial charge is 0.243 e. The first kappa shape index (κ1) is 19.7. The number of hydrogen-bond acceptors (Lipinski definition) is 3. The van der Waals surface area contributed by atoms with Crippen molar-refractivity contribution >= 4 is 5.91 Å². The van der Waals surface area contributed by atoms with Crippen molar-refractivity contribution in [1.29, 1.82) is 5.26 Å². The maximum Gasteiger partial charge on any atom is 0.243 e. The molecule has 0 spiro atoms. The molecule has 29 heavy (non-hydrogen) atoms. The lowest BCUT2D eigenvalue weighted by molar-refractivity contribution is -0.142. The standard InChI is InChI=1S/C25H29N3O/c26-20-25(14-8-3-9-15-25)24(29)28-18-16-27(17-19-28)23(21-10-4-1-5-11-21)22-12-6-2-7-13-22/h1-2,4-7,10-13,23H,3,8-9,14-19H2. The van der Waals surface area contributed by atoms with E-state index in [4.69, 9.17) is 0 Å². The molecule has 2 fully saturated rings. The SMILES string of the molecule is N#CC1(C(=O)N2CCN(C(c3ccccc3)c3ccccc3)CC2)CCCCC1. The van der Waals surface area contributed by atoms with E-state index in [1.54, 1.807) is 0 Å². The number of rotatable bonds is 4. The molecule has 0 N–H and O–H groups in total. The van der Waals surface area contributed by atoms with Crippen LogP contribution in [-0.4, -0.2) is 41.9 Å². The van der Waals surface area contributed by atoms with Crippen LogP contribution in [0.15, 0.2) is 60.7 Å². The molecule has 1 saturated heterocycles. The first-order valence-corrected chi connectivity index (χ1v) is 10.8. The molecule has 0 atom stereocenters. The largest absolute Gasteiger partial charge is 0.339 e. The highest BCUT2D eigenvalue weighted by Crippen LogP contribution is 2.38. The van der Waals surface area contributed by atoms with Crippen LogP contribution in [0.1, 0.15) is 49.3 Å². The van der Waals surface area contributed by atoms with Gasteiger partial charge in [0.05, 0.1) is 12.1 Å². The van der Waals surface area contributed by atoms with E-state index in [1.807, 2.05) is 17.0 Å². The first-order chi connectivity index (χ1) is 14.2. The summed E-state index contributed by atoms with van der Waals surface area (Å²) in [5.41, 5.74) is 1.78. The van der Waals surface area contributed by atoms with Crippen LogP contribution in [0.3, 0.4) is 0 Å². The predicted octanol–water partition coefficient (Wildman–Crippen LogP) is 4.39. The number of nitrogens with zero attached hydrogens (tertiary/aromatic N) is 3. The molecule has 2 aromatic rings. The lowest BCUT2D eigenvalue weighted by atomic mass is 9.74. The molecule has 1 aliphatic heterocycles. The highest BCUT2D eigenvalue weighted by molar-refractivity contribution is 5.85. The summed E-state index contributed by atoms with van der Waals surface area (Å²) in [6.07, 6.45) is 4.56. The van der Waals surface area contributed by atoms with Gasteiger partial charge in [-0.15, -0.1) is 0 Å². The zero-order chi connectivity index (χ0) is 20.1. The third kappa shape index (κ3) is 4.06. The quantitative estimate of drug-likeness (QED) is 0.781. The van der Waals surface area contributed by atoms with Crippen LogP contribution in [0.5, 0.6) is 0 Å². The minimum atomic E-state index is -0.779. The molecule has 0 bridgehead atoms. The average Bonchev–Trinajstić information content (AvgIpc) is 2.81. The van der Waals surface area contributed by atoms with Gasteiger partial charge >= 0.3 is 0 Å². The first-order valence-electron chi connectivity index (χ1n) is 10.8. The van der Waals surface area contributed by atoms with Crippen molar-refractivity contribution in [3.8, 4) is 6.07 Å². The molecule has 0 aromatic heterocycles. The lowest BCUT2D eigenvalue weighted by Crippen LogP contribution is -2.54. The average molecular weight is 388 g/mol. The van der Waals surface area contributed by atoms with Gasteiger partial charge in [-0.3, -0.25) is 9.69 Å². The Morgan fingerprint density at radius 1 is 0.828 bits per heavy atom. The van der Waals surface area contributed by atoms with Gasteiger partial charge in [0.15, 0.2) is 0 Å². The molecule has 1 heterocycles. The maximum absolute atomic E-state index is 13.2. The number of hydrogen-bond donors (Lipinski definition) is 0. The van der Waals surface area contributed by atoms with Gasteiger partial charge in [-0.2, -0.15) is 5.26 Å². The van der Waals surface area contributed by atoms with Crippen LogP contribution in [0.2, 0.25) is 0 Å². The maximum atomic E-state index is 13.2. The number of benzene rings is 2. The molecule has 2 aromatic carbocycles. The molecule has 0 radical (unpaired) electrons. The third-order valence-electron chi connectivity index (χ3n) is 6.53. The molecule has 2 aliphatic rings. The zero-order valence-electron chi connectivity index (χ0n) is 17.0. The Bertz CT molecular complexity index is 805. The molecule has 4 rings (SSSR count). The van der Waals surface area contributed by atoms with E-state index in [0.29, 0.717) is 13.1 Å². The third-order valence-corrected chi connectivity index (χ3v) is 6.53. The van der Waals surface area contributed by atoms with Crippen LogP contribution in [0, 0.1) is 16.7 Å². The summed E-state index contributed by atoms with van der Waals surface area (Å²) in [6.45, 7) is 3.03. The molecule has 4 heteroatoms. The van der Waals surface area contributed by atoms with E-state index in [-0.39, 0.29) is 11.9 Å². The minimum absolute atomic E-state index is 0.0651. The normalized spacial score (nSPS) is 19.7. The summed E-state index contributed by atoms with van der Waals surface area (Å²) >= 11 is 0. The second-order valence-corrected chi connectivity index (χ2v) is 8.31. The predicted molar refractivity (Wildman–Crippen MR) is 114 cm³/mol.